The van der Waals surface area contributed by atoms with Crippen molar-refractivity contribution in [2.45, 2.75) is 56.5 Å². The second-order valence-corrected chi connectivity index (χ2v) is 7.23. The highest BCUT2D eigenvalue weighted by molar-refractivity contribution is 6.33. The Morgan fingerprint density at radius 3 is 2.62 bits per heavy atom. The summed E-state index contributed by atoms with van der Waals surface area (Å²) in [4.78, 5) is 27.1. The molecule has 1 saturated carbocycles. The Kier molecular flexibility index (Phi) is 5.11. The molecular formula is C18H24ClN3O2. The van der Waals surface area contributed by atoms with Gasteiger partial charge in [0.25, 0.3) is 0 Å². The first-order chi connectivity index (χ1) is 11.5. The average Bonchev–Trinajstić information content (AvgIpc) is 2.58. The molecule has 130 valence electrons. The van der Waals surface area contributed by atoms with E-state index >= 15 is 0 Å². The quantitative estimate of drug-likeness (QED) is 0.880. The number of nitrogens with one attached hydrogen (secondary N) is 1. The lowest BCUT2D eigenvalue weighted by molar-refractivity contribution is -0.132. The summed E-state index contributed by atoms with van der Waals surface area (Å²) in [6.45, 7) is 0.614. The summed E-state index contributed by atoms with van der Waals surface area (Å²) < 4.78 is 0. The molecule has 3 N–H and O–H groups in total. The molecule has 0 spiro atoms. The second-order valence-electron chi connectivity index (χ2n) is 6.83. The number of para-hydroxylation sites is 1. The van der Waals surface area contributed by atoms with Crippen LogP contribution in [0.3, 0.4) is 0 Å². The van der Waals surface area contributed by atoms with Crippen molar-refractivity contribution >= 4 is 29.1 Å². The molecule has 0 aromatic heterocycles. The number of carbonyl (C=O) groups is 2. The van der Waals surface area contributed by atoms with E-state index in [1.807, 2.05) is 18.2 Å². The van der Waals surface area contributed by atoms with Crippen LogP contribution >= 0.6 is 11.6 Å². The van der Waals surface area contributed by atoms with Crippen LogP contribution in [-0.2, 0) is 9.59 Å². The molecule has 5 nitrogen and oxygen atoms in total. The number of benzene rings is 1. The van der Waals surface area contributed by atoms with E-state index in [4.69, 9.17) is 17.3 Å². The molecule has 1 aliphatic carbocycles. The van der Waals surface area contributed by atoms with Crippen LogP contribution in [0, 0.1) is 0 Å². The van der Waals surface area contributed by atoms with E-state index in [0.29, 0.717) is 36.5 Å². The van der Waals surface area contributed by atoms with Gasteiger partial charge in [-0.25, -0.2) is 0 Å². The van der Waals surface area contributed by atoms with E-state index in [0.717, 1.165) is 25.7 Å². The number of halogens is 1. The minimum Gasteiger partial charge on any atom is -0.343 e. The summed E-state index contributed by atoms with van der Waals surface area (Å²) in [5.41, 5.74) is 6.15. The Morgan fingerprint density at radius 2 is 1.92 bits per heavy atom. The van der Waals surface area contributed by atoms with Gasteiger partial charge in [-0.3, -0.25) is 9.59 Å². The maximum Gasteiger partial charge on any atom is 0.249 e. The zero-order chi connectivity index (χ0) is 17.2. The van der Waals surface area contributed by atoms with Crippen LogP contribution in [0.15, 0.2) is 24.3 Å². The van der Waals surface area contributed by atoms with Crippen molar-refractivity contribution in [2.75, 3.05) is 11.4 Å². The number of hydrogen-bond donors (Lipinski definition) is 2. The van der Waals surface area contributed by atoms with Gasteiger partial charge >= 0.3 is 0 Å². The molecule has 0 bridgehead atoms. The molecule has 1 aliphatic heterocycles. The molecule has 2 fully saturated rings. The molecule has 1 aromatic carbocycles. The summed E-state index contributed by atoms with van der Waals surface area (Å²) in [7, 11) is 0. The summed E-state index contributed by atoms with van der Waals surface area (Å²) in [5.74, 6) is -0.302. The fourth-order valence-corrected chi connectivity index (χ4v) is 3.87. The Hall–Kier alpha value is -1.59. The van der Waals surface area contributed by atoms with Gasteiger partial charge in [0.1, 0.15) is 6.04 Å². The summed E-state index contributed by atoms with van der Waals surface area (Å²) in [6.07, 6.45) is 5.89. The van der Waals surface area contributed by atoms with Crippen molar-refractivity contribution in [3.8, 4) is 0 Å². The molecule has 1 atom stereocenters. The summed E-state index contributed by atoms with van der Waals surface area (Å²) in [5, 5.41) is 3.44. The van der Waals surface area contributed by atoms with Gasteiger partial charge in [-0.05, 0) is 37.8 Å². The topological polar surface area (TPSA) is 75.4 Å². The van der Waals surface area contributed by atoms with Gasteiger partial charge in [-0.15, -0.1) is 0 Å². The fraction of sp³-hybridized carbons (Fsp3) is 0.556. The average molecular weight is 350 g/mol. The number of hydrogen-bond acceptors (Lipinski definition) is 3. The first-order valence-corrected chi connectivity index (χ1v) is 9.05. The SMILES string of the molecule is NC1(C(=O)NC2CCCN(c3ccccc3Cl)C2=O)CCCCC1. The van der Waals surface area contributed by atoms with E-state index in [9.17, 15) is 9.59 Å². The Labute approximate surface area is 147 Å². The van der Waals surface area contributed by atoms with Gasteiger partial charge in [0.05, 0.1) is 16.2 Å². The maximum absolute atomic E-state index is 12.8. The van der Waals surface area contributed by atoms with Gasteiger partial charge in [-0.2, -0.15) is 0 Å². The summed E-state index contributed by atoms with van der Waals surface area (Å²) >= 11 is 6.22. The van der Waals surface area contributed by atoms with Gasteiger partial charge in [0.15, 0.2) is 0 Å². The predicted molar refractivity (Wildman–Crippen MR) is 95.0 cm³/mol. The number of amides is 2. The number of anilines is 1. The highest BCUT2D eigenvalue weighted by Crippen LogP contribution is 2.30. The van der Waals surface area contributed by atoms with Crippen molar-refractivity contribution in [3.05, 3.63) is 29.3 Å². The molecular weight excluding hydrogens is 326 g/mol. The Morgan fingerprint density at radius 1 is 1.21 bits per heavy atom. The van der Waals surface area contributed by atoms with E-state index < -0.39 is 11.6 Å². The van der Waals surface area contributed by atoms with Gasteiger partial charge in [0, 0.05) is 6.54 Å². The summed E-state index contributed by atoms with van der Waals surface area (Å²) in [6, 6.07) is 6.76. The number of rotatable bonds is 3. The molecule has 2 aliphatic rings. The predicted octanol–water partition coefficient (Wildman–Crippen LogP) is 2.61. The third-order valence-electron chi connectivity index (χ3n) is 5.09. The smallest absolute Gasteiger partial charge is 0.249 e. The lowest BCUT2D eigenvalue weighted by Crippen LogP contribution is -2.61. The first kappa shape index (κ1) is 17.2. The van der Waals surface area contributed by atoms with Crippen molar-refractivity contribution in [1.29, 1.82) is 0 Å². The molecule has 24 heavy (non-hydrogen) atoms. The molecule has 2 amide bonds. The van der Waals surface area contributed by atoms with E-state index in [1.165, 1.54) is 0 Å². The minimum absolute atomic E-state index is 0.109. The number of nitrogens with zero attached hydrogens (tertiary/aromatic N) is 1. The standard InChI is InChI=1S/C18H24ClN3O2/c19-13-7-2-3-9-15(13)22-12-6-8-14(16(22)23)21-17(24)18(20)10-4-1-5-11-18/h2-3,7,9,14H,1,4-6,8,10-12,20H2,(H,21,24). The van der Waals surface area contributed by atoms with Crippen molar-refractivity contribution < 1.29 is 9.59 Å². The second kappa shape index (κ2) is 7.11. The van der Waals surface area contributed by atoms with Gasteiger partial charge < -0.3 is 16.0 Å². The van der Waals surface area contributed by atoms with Crippen LogP contribution in [0.4, 0.5) is 5.69 Å². The van der Waals surface area contributed by atoms with Crippen molar-refractivity contribution in [3.63, 3.8) is 0 Å². The van der Waals surface area contributed by atoms with E-state index in [-0.39, 0.29) is 11.8 Å². The monoisotopic (exact) mass is 349 g/mol. The normalized spacial score (nSPS) is 23.8. The molecule has 1 heterocycles. The lowest BCUT2D eigenvalue weighted by Gasteiger charge is -2.37. The first-order valence-electron chi connectivity index (χ1n) is 8.67. The van der Waals surface area contributed by atoms with Crippen LogP contribution in [0.25, 0.3) is 0 Å². The molecule has 1 unspecified atom stereocenters. The fourth-order valence-electron chi connectivity index (χ4n) is 3.63. The van der Waals surface area contributed by atoms with E-state index in [2.05, 4.69) is 5.32 Å². The zero-order valence-electron chi connectivity index (χ0n) is 13.8. The van der Waals surface area contributed by atoms with Crippen molar-refractivity contribution in [2.24, 2.45) is 5.73 Å². The van der Waals surface area contributed by atoms with Crippen LogP contribution in [0.2, 0.25) is 5.02 Å². The molecule has 3 rings (SSSR count). The molecule has 1 aromatic rings. The molecule has 6 heteroatoms. The van der Waals surface area contributed by atoms with Crippen LogP contribution in [0.1, 0.15) is 44.9 Å². The molecule has 0 radical (unpaired) electrons. The third-order valence-corrected chi connectivity index (χ3v) is 5.40. The maximum atomic E-state index is 12.8. The largest absolute Gasteiger partial charge is 0.343 e. The number of nitrogens with two attached hydrogens (primary N) is 1. The van der Waals surface area contributed by atoms with Crippen LogP contribution in [0.5, 0.6) is 0 Å². The van der Waals surface area contributed by atoms with Gasteiger partial charge in [0.2, 0.25) is 11.8 Å². The lowest BCUT2D eigenvalue weighted by atomic mass is 9.81. The van der Waals surface area contributed by atoms with E-state index in [1.54, 1.807) is 11.0 Å². The highest BCUT2D eigenvalue weighted by Gasteiger charge is 2.39. The number of carbonyl (C=O) groups excluding carboxylic acids is 2. The van der Waals surface area contributed by atoms with Crippen molar-refractivity contribution in [1.82, 2.24) is 5.32 Å². The highest BCUT2D eigenvalue weighted by atomic mass is 35.5. The number of piperidine rings is 1. The van der Waals surface area contributed by atoms with Crippen LogP contribution < -0.4 is 16.0 Å². The Balaban J connectivity index is 1.71. The zero-order valence-corrected chi connectivity index (χ0v) is 14.5. The van der Waals surface area contributed by atoms with Gasteiger partial charge in [-0.1, -0.05) is 43.0 Å². The van der Waals surface area contributed by atoms with Crippen LogP contribution in [-0.4, -0.2) is 29.9 Å². The minimum atomic E-state index is -0.828. The third kappa shape index (κ3) is 3.42. The Bertz CT molecular complexity index is 628. The molecule has 1 saturated heterocycles.